The second-order valence-corrected chi connectivity index (χ2v) is 4.44. The standard InChI is InChI=1S/C11H14N6O5/c1-8(19)22-7-10(6-18)16-5-9(13-14-16)4-15-3-2-12-11(15)17(20)21/h2-3,5,10,18H,4,6-7H2,1H3. The van der Waals surface area contributed by atoms with E-state index in [4.69, 9.17) is 4.74 Å². The normalized spacial score (nSPS) is 12.1. The third-order valence-corrected chi connectivity index (χ3v) is 2.81. The Kier molecular flexibility index (Phi) is 4.78. The second kappa shape index (κ2) is 6.76. The molecule has 2 rings (SSSR count). The molecule has 1 atom stereocenters. The molecule has 0 amide bonds. The largest absolute Gasteiger partial charge is 0.463 e. The van der Waals surface area contributed by atoms with Crippen molar-refractivity contribution in [2.24, 2.45) is 0 Å². The summed E-state index contributed by atoms with van der Waals surface area (Å²) in [7, 11) is 0. The summed E-state index contributed by atoms with van der Waals surface area (Å²) in [4.78, 5) is 24.6. The zero-order valence-corrected chi connectivity index (χ0v) is 11.7. The number of imidazole rings is 1. The van der Waals surface area contributed by atoms with Gasteiger partial charge in [0, 0.05) is 6.92 Å². The molecule has 11 nitrogen and oxygen atoms in total. The van der Waals surface area contributed by atoms with Gasteiger partial charge in [0.25, 0.3) is 0 Å². The van der Waals surface area contributed by atoms with Gasteiger partial charge in [0.15, 0.2) is 0 Å². The van der Waals surface area contributed by atoms with Crippen LogP contribution in [0.25, 0.3) is 0 Å². The molecule has 2 aromatic rings. The number of aliphatic hydroxyl groups excluding tert-OH is 1. The van der Waals surface area contributed by atoms with E-state index < -0.39 is 16.9 Å². The highest BCUT2D eigenvalue weighted by molar-refractivity contribution is 5.65. The van der Waals surface area contributed by atoms with Crippen molar-refractivity contribution < 1.29 is 19.6 Å². The maximum absolute atomic E-state index is 10.8. The Hall–Kier alpha value is -2.82. The Morgan fingerprint density at radius 3 is 3.00 bits per heavy atom. The van der Waals surface area contributed by atoms with Crippen LogP contribution in [-0.4, -0.2) is 53.8 Å². The first-order valence-electron chi connectivity index (χ1n) is 6.31. The van der Waals surface area contributed by atoms with E-state index in [0.717, 1.165) is 0 Å². The molecule has 22 heavy (non-hydrogen) atoms. The van der Waals surface area contributed by atoms with Gasteiger partial charge >= 0.3 is 11.9 Å². The van der Waals surface area contributed by atoms with E-state index >= 15 is 0 Å². The number of carbonyl (C=O) groups is 1. The monoisotopic (exact) mass is 310 g/mol. The van der Waals surface area contributed by atoms with E-state index in [1.54, 1.807) is 0 Å². The summed E-state index contributed by atoms with van der Waals surface area (Å²) in [5.41, 5.74) is 0.447. The first-order valence-corrected chi connectivity index (χ1v) is 6.31. The summed E-state index contributed by atoms with van der Waals surface area (Å²) in [6, 6.07) is -0.567. The average molecular weight is 310 g/mol. The minimum absolute atomic E-state index is 0.0418. The van der Waals surface area contributed by atoms with Crippen LogP contribution < -0.4 is 0 Å². The Bertz CT molecular complexity index is 665. The third kappa shape index (κ3) is 3.63. The van der Waals surface area contributed by atoms with E-state index in [2.05, 4.69) is 15.3 Å². The molecular weight excluding hydrogens is 296 g/mol. The summed E-state index contributed by atoms with van der Waals surface area (Å²) >= 11 is 0. The van der Waals surface area contributed by atoms with Crippen molar-refractivity contribution in [3.63, 3.8) is 0 Å². The van der Waals surface area contributed by atoms with E-state index in [9.17, 15) is 20.0 Å². The summed E-state index contributed by atoms with van der Waals surface area (Å²) < 4.78 is 7.49. The maximum atomic E-state index is 10.8. The van der Waals surface area contributed by atoms with Crippen molar-refractivity contribution in [3.05, 3.63) is 34.4 Å². The molecule has 0 radical (unpaired) electrons. The zero-order chi connectivity index (χ0) is 16.1. The number of ether oxygens (including phenoxy) is 1. The predicted octanol–water partition coefficient (Wildman–Crippen LogP) is -0.472. The molecule has 0 aliphatic rings. The number of nitrogens with zero attached hydrogens (tertiary/aromatic N) is 6. The quantitative estimate of drug-likeness (QED) is 0.411. The van der Waals surface area contributed by atoms with Crippen molar-refractivity contribution in [3.8, 4) is 0 Å². The Morgan fingerprint density at radius 2 is 2.36 bits per heavy atom. The molecule has 0 aromatic carbocycles. The number of rotatable bonds is 7. The number of hydrogen-bond donors (Lipinski definition) is 1. The van der Waals surface area contributed by atoms with Crippen LogP contribution in [0, 0.1) is 10.1 Å². The number of nitro groups is 1. The number of aliphatic hydroxyl groups is 1. The van der Waals surface area contributed by atoms with Crippen LogP contribution in [0.1, 0.15) is 18.7 Å². The van der Waals surface area contributed by atoms with E-state index in [1.165, 1.54) is 34.8 Å². The van der Waals surface area contributed by atoms with Crippen LogP contribution in [0.4, 0.5) is 5.95 Å². The average Bonchev–Trinajstić information content (AvgIpc) is 3.09. The van der Waals surface area contributed by atoms with Crippen molar-refractivity contribution in [1.82, 2.24) is 24.5 Å². The Labute approximate surface area is 124 Å². The lowest BCUT2D eigenvalue weighted by atomic mass is 10.3. The molecule has 0 aliphatic carbocycles. The first kappa shape index (κ1) is 15.6. The highest BCUT2D eigenvalue weighted by Gasteiger charge is 2.18. The highest BCUT2D eigenvalue weighted by Crippen LogP contribution is 2.11. The first-order chi connectivity index (χ1) is 10.5. The topological polar surface area (TPSA) is 138 Å². The van der Waals surface area contributed by atoms with Gasteiger partial charge in [0.05, 0.1) is 12.8 Å². The second-order valence-electron chi connectivity index (χ2n) is 4.44. The number of hydrogen-bond acceptors (Lipinski definition) is 8. The van der Waals surface area contributed by atoms with Crippen LogP contribution in [0.15, 0.2) is 18.6 Å². The van der Waals surface area contributed by atoms with E-state index in [-0.39, 0.29) is 25.7 Å². The van der Waals surface area contributed by atoms with Gasteiger partial charge in [-0.2, -0.15) is 0 Å². The Balaban J connectivity index is 2.08. The minimum atomic E-state index is -0.596. The molecule has 1 N–H and O–H groups in total. The van der Waals surface area contributed by atoms with Gasteiger partial charge in [-0.25, -0.2) is 9.25 Å². The molecule has 0 fully saturated rings. The molecule has 118 valence electrons. The van der Waals surface area contributed by atoms with Gasteiger partial charge < -0.3 is 20.0 Å². The van der Waals surface area contributed by atoms with Crippen LogP contribution in [-0.2, 0) is 16.1 Å². The zero-order valence-electron chi connectivity index (χ0n) is 11.7. The van der Waals surface area contributed by atoms with E-state index in [1.807, 2.05) is 0 Å². The third-order valence-electron chi connectivity index (χ3n) is 2.81. The van der Waals surface area contributed by atoms with Crippen LogP contribution >= 0.6 is 0 Å². The van der Waals surface area contributed by atoms with Crippen molar-refractivity contribution >= 4 is 11.9 Å². The van der Waals surface area contributed by atoms with Crippen molar-refractivity contribution in [2.75, 3.05) is 13.2 Å². The van der Waals surface area contributed by atoms with Gasteiger partial charge in [0.2, 0.25) is 0 Å². The Morgan fingerprint density at radius 1 is 1.59 bits per heavy atom. The molecule has 11 heteroatoms. The highest BCUT2D eigenvalue weighted by atomic mass is 16.6. The minimum Gasteiger partial charge on any atom is -0.463 e. The lowest BCUT2D eigenvalue weighted by Crippen LogP contribution is -2.21. The molecule has 1 unspecified atom stereocenters. The lowest BCUT2D eigenvalue weighted by molar-refractivity contribution is -0.396. The molecule has 0 bridgehead atoms. The molecule has 2 heterocycles. The van der Waals surface area contributed by atoms with Crippen LogP contribution in [0.3, 0.4) is 0 Å². The summed E-state index contributed by atoms with van der Waals surface area (Å²) in [5, 5.41) is 27.8. The van der Waals surface area contributed by atoms with Gasteiger partial charge in [0.1, 0.15) is 37.3 Å². The summed E-state index contributed by atoms with van der Waals surface area (Å²) in [6.45, 7) is 1.04. The van der Waals surface area contributed by atoms with Crippen LogP contribution in [0.5, 0.6) is 0 Å². The molecular formula is C11H14N6O5. The molecule has 2 aromatic heterocycles. The molecule has 0 aliphatic heterocycles. The molecule has 0 saturated carbocycles. The van der Waals surface area contributed by atoms with Gasteiger partial charge in [-0.3, -0.25) is 4.79 Å². The van der Waals surface area contributed by atoms with Gasteiger partial charge in [-0.1, -0.05) is 10.2 Å². The van der Waals surface area contributed by atoms with Crippen molar-refractivity contribution in [2.45, 2.75) is 19.5 Å². The van der Waals surface area contributed by atoms with E-state index in [0.29, 0.717) is 5.69 Å². The smallest absolute Gasteiger partial charge is 0.434 e. The van der Waals surface area contributed by atoms with Crippen LogP contribution in [0.2, 0.25) is 0 Å². The number of esters is 1. The fourth-order valence-electron chi connectivity index (χ4n) is 1.76. The summed E-state index contributed by atoms with van der Waals surface area (Å²) in [6.07, 6.45) is 4.30. The SMILES string of the molecule is CC(=O)OCC(CO)n1cc(Cn2ccnc2[N+](=O)[O-])nn1. The predicted molar refractivity (Wildman–Crippen MR) is 70.8 cm³/mol. The maximum Gasteiger partial charge on any atom is 0.434 e. The fourth-order valence-corrected chi connectivity index (χ4v) is 1.76. The number of aromatic nitrogens is 5. The number of carbonyl (C=O) groups excluding carboxylic acids is 1. The fraction of sp³-hybridized carbons (Fsp3) is 0.455. The summed E-state index contributed by atoms with van der Waals surface area (Å²) in [5.74, 6) is -0.763. The van der Waals surface area contributed by atoms with Gasteiger partial charge in [-0.05, 0) is 4.92 Å². The van der Waals surface area contributed by atoms with Gasteiger partial charge in [-0.15, -0.1) is 5.10 Å². The molecule has 0 saturated heterocycles. The lowest BCUT2D eigenvalue weighted by Gasteiger charge is -2.13. The van der Waals surface area contributed by atoms with Crippen molar-refractivity contribution in [1.29, 1.82) is 0 Å². The molecule has 0 spiro atoms.